The SMILES string of the molecule is COC(=O)OCS(=O)(=O)[O-].[Li+]. The van der Waals surface area contributed by atoms with Crippen LogP contribution in [-0.2, 0) is 19.6 Å². The molecule has 0 aromatic rings. The summed E-state index contributed by atoms with van der Waals surface area (Å²) in [5.41, 5.74) is 0. The van der Waals surface area contributed by atoms with Crippen molar-refractivity contribution in [3.63, 3.8) is 0 Å². The number of rotatable bonds is 2. The molecule has 11 heavy (non-hydrogen) atoms. The van der Waals surface area contributed by atoms with Crippen LogP contribution in [0.4, 0.5) is 4.79 Å². The first-order valence-corrected chi connectivity index (χ1v) is 3.68. The summed E-state index contributed by atoms with van der Waals surface area (Å²) in [7, 11) is -3.50. The molecular weight excluding hydrogens is 171 g/mol. The number of methoxy groups -OCH3 is 1. The van der Waals surface area contributed by atoms with E-state index in [1.165, 1.54) is 0 Å². The summed E-state index contributed by atoms with van der Waals surface area (Å²) in [6, 6.07) is 0. The predicted octanol–water partition coefficient (Wildman–Crippen LogP) is -3.72. The van der Waals surface area contributed by atoms with Crippen molar-refractivity contribution in [2.45, 2.75) is 0 Å². The first-order chi connectivity index (χ1) is 4.45. The Morgan fingerprint density at radius 1 is 1.55 bits per heavy atom. The first kappa shape index (κ1) is 13.4. The second kappa shape index (κ2) is 5.43. The summed E-state index contributed by atoms with van der Waals surface area (Å²) in [6.07, 6.45) is -1.19. The van der Waals surface area contributed by atoms with Crippen LogP contribution in [0.3, 0.4) is 0 Å². The van der Waals surface area contributed by atoms with Crippen LogP contribution in [-0.4, -0.2) is 32.2 Å². The molecule has 0 bridgehead atoms. The zero-order valence-corrected chi connectivity index (χ0v) is 6.88. The molecule has 0 rings (SSSR count). The summed E-state index contributed by atoms with van der Waals surface area (Å²) >= 11 is 0. The third kappa shape index (κ3) is 9.78. The van der Waals surface area contributed by atoms with E-state index in [0.717, 1.165) is 7.11 Å². The van der Waals surface area contributed by atoms with Crippen molar-refractivity contribution in [1.29, 1.82) is 0 Å². The Morgan fingerprint density at radius 2 is 2.00 bits per heavy atom. The molecule has 0 saturated carbocycles. The van der Waals surface area contributed by atoms with Crippen molar-refractivity contribution in [3.8, 4) is 0 Å². The van der Waals surface area contributed by atoms with Gasteiger partial charge in [-0.15, -0.1) is 0 Å². The van der Waals surface area contributed by atoms with Crippen LogP contribution in [0.25, 0.3) is 0 Å². The van der Waals surface area contributed by atoms with Gasteiger partial charge in [-0.2, -0.15) is 0 Å². The summed E-state index contributed by atoms with van der Waals surface area (Å²) in [5, 5.41) is 0. The fourth-order valence-corrected chi connectivity index (χ4v) is 0.420. The number of ether oxygens (including phenoxy) is 2. The van der Waals surface area contributed by atoms with Crippen LogP contribution in [0.5, 0.6) is 0 Å². The van der Waals surface area contributed by atoms with Gasteiger partial charge in [-0.25, -0.2) is 13.2 Å². The third-order valence-electron chi connectivity index (χ3n) is 0.488. The molecule has 0 fully saturated rings. The molecule has 0 N–H and O–H groups in total. The molecule has 60 valence electrons. The second-order valence-electron chi connectivity index (χ2n) is 1.27. The summed E-state index contributed by atoms with van der Waals surface area (Å²) in [5.74, 6) is -1.19. The minimum Gasteiger partial charge on any atom is -0.745 e. The van der Waals surface area contributed by atoms with Crippen LogP contribution >= 0.6 is 0 Å². The van der Waals surface area contributed by atoms with E-state index in [2.05, 4.69) is 9.47 Å². The average Bonchev–Trinajstić information content (AvgIpc) is 1.81. The molecular formula is C3H5LiO6S. The number of carbonyl (C=O) groups excluding carboxylic acids is 1. The van der Waals surface area contributed by atoms with Crippen molar-refractivity contribution in [1.82, 2.24) is 0 Å². The second-order valence-corrected chi connectivity index (χ2v) is 2.63. The van der Waals surface area contributed by atoms with E-state index in [-0.39, 0.29) is 18.9 Å². The van der Waals surface area contributed by atoms with Gasteiger partial charge < -0.3 is 14.0 Å². The first-order valence-electron chi connectivity index (χ1n) is 2.10. The van der Waals surface area contributed by atoms with Gasteiger partial charge in [-0.05, 0) is 0 Å². The minimum atomic E-state index is -4.50. The van der Waals surface area contributed by atoms with Gasteiger partial charge in [0.05, 0.1) is 7.11 Å². The van der Waals surface area contributed by atoms with Crippen molar-refractivity contribution < 1.29 is 46.1 Å². The van der Waals surface area contributed by atoms with E-state index in [0.29, 0.717) is 0 Å². The molecule has 0 aliphatic rings. The van der Waals surface area contributed by atoms with Gasteiger partial charge in [0.1, 0.15) is 10.1 Å². The van der Waals surface area contributed by atoms with E-state index in [1.807, 2.05) is 0 Å². The Bertz CT molecular complexity index is 208. The normalized spacial score (nSPS) is 9.64. The molecule has 6 nitrogen and oxygen atoms in total. The van der Waals surface area contributed by atoms with Gasteiger partial charge in [-0.1, -0.05) is 0 Å². The van der Waals surface area contributed by atoms with Crippen molar-refractivity contribution >= 4 is 16.3 Å². The van der Waals surface area contributed by atoms with Crippen molar-refractivity contribution in [2.24, 2.45) is 0 Å². The number of hydrogen-bond acceptors (Lipinski definition) is 6. The predicted molar refractivity (Wildman–Crippen MR) is 28.1 cm³/mol. The molecule has 0 aromatic carbocycles. The fraction of sp³-hybridized carbons (Fsp3) is 0.667. The summed E-state index contributed by atoms with van der Waals surface area (Å²) < 4.78 is 37.0. The molecule has 0 radical (unpaired) electrons. The molecule has 0 atom stereocenters. The zero-order valence-electron chi connectivity index (χ0n) is 6.06. The molecule has 8 heteroatoms. The van der Waals surface area contributed by atoms with Crippen LogP contribution in [0, 0.1) is 0 Å². The van der Waals surface area contributed by atoms with Crippen molar-refractivity contribution in [3.05, 3.63) is 0 Å². The van der Waals surface area contributed by atoms with Gasteiger partial charge in [-0.3, -0.25) is 0 Å². The van der Waals surface area contributed by atoms with Gasteiger partial charge in [0.2, 0.25) is 0 Å². The van der Waals surface area contributed by atoms with E-state index in [1.54, 1.807) is 0 Å². The number of hydrogen-bond donors (Lipinski definition) is 0. The molecule has 0 heterocycles. The standard InChI is InChI=1S/C3H6O6S.Li/c1-8-3(4)9-2-10(5,6)7;/h2H2,1H3,(H,5,6,7);/q;+1/p-1. The van der Waals surface area contributed by atoms with Crippen LogP contribution in [0.1, 0.15) is 0 Å². The van der Waals surface area contributed by atoms with Gasteiger partial charge in [0.25, 0.3) is 0 Å². The average molecular weight is 176 g/mol. The van der Waals surface area contributed by atoms with Gasteiger partial charge in [0.15, 0.2) is 5.94 Å². The van der Waals surface area contributed by atoms with E-state index < -0.39 is 22.2 Å². The Kier molecular flexibility index (Phi) is 6.60. The van der Waals surface area contributed by atoms with E-state index in [4.69, 9.17) is 0 Å². The molecule has 0 aliphatic heterocycles. The van der Waals surface area contributed by atoms with E-state index >= 15 is 0 Å². The molecule has 0 saturated heterocycles. The fourth-order valence-electron chi connectivity index (χ4n) is 0.179. The monoisotopic (exact) mass is 176 g/mol. The zero-order chi connectivity index (χ0) is 8.20. The molecule has 0 spiro atoms. The maximum atomic E-state index is 10.0. The van der Waals surface area contributed by atoms with Crippen LogP contribution in [0.15, 0.2) is 0 Å². The Morgan fingerprint density at radius 3 is 2.27 bits per heavy atom. The molecule has 0 unspecified atom stereocenters. The van der Waals surface area contributed by atoms with Crippen LogP contribution < -0.4 is 18.9 Å². The maximum Gasteiger partial charge on any atom is 1.00 e. The molecule has 0 aromatic heterocycles. The molecule has 0 aliphatic carbocycles. The minimum absolute atomic E-state index is 0. The quantitative estimate of drug-likeness (QED) is 0.244. The van der Waals surface area contributed by atoms with E-state index in [9.17, 15) is 17.8 Å². The Hall–Kier alpha value is -0.223. The topological polar surface area (TPSA) is 92.7 Å². The number of carbonyl (C=O) groups is 1. The van der Waals surface area contributed by atoms with Crippen molar-refractivity contribution in [2.75, 3.05) is 13.0 Å². The van der Waals surface area contributed by atoms with Gasteiger partial charge >= 0.3 is 25.0 Å². The summed E-state index contributed by atoms with van der Waals surface area (Å²) in [6.45, 7) is 0. The third-order valence-corrected chi connectivity index (χ3v) is 0.894. The maximum absolute atomic E-state index is 10.0. The largest absolute Gasteiger partial charge is 1.00 e. The summed E-state index contributed by atoms with van der Waals surface area (Å²) in [4.78, 5) is 10.0. The van der Waals surface area contributed by atoms with Crippen LogP contribution in [0.2, 0.25) is 0 Å². The van der Waals surface area contributed by atoms with Gasteiger partial charge in [0, 0.05) is 0 Å². The smallest absolute Gasteiger partial charge is 0.745 e. The Balaban J connectivity index is 0. The Labute approximate surface area is 75.8 Å². The molecule has 0 amide bonds.